The molecule has 6 aromatic rings. The number of carbonyl (C=O) groups excluding carboxylic acids is 4. The lowest BCUT2D eigenvalue weighted by atomic mass is 10.0. The molecule has 18 nitrogen and oxygen atoms in total. The predicted molar refractivity (Wildman–Crippen MR) is 218 cm³/mol. The van der Waals surface area contributed by atoms with Gasteiger partial charge in [-0.25, -0.2) is 24.5 Å². The van der Waals surface area contributed by atoms with Crippen LogP contribution in [0.15, 0.2) is 79.5 Å². The van der Waals surface area contributed by atoms with Crippen LogP contribution >= 0.6 is 0 Å². The Hall–Kier alpha value is -7.11. The first-order chi connectivity index (χ1) is 29.1. The number of phenols is 1. The van der Waals surface area contributed by atoms with Gasteiger partial charge in [-0.3, -0.25) is 18.6 Å². The molecule has 60 heavy (non-hydrogen) atoms. The monoisotopic (exact) mass is 817 g/mol. The van der Waals surface area contributed by atoms with Crippen molar-refractivity contribution in [3.05, 3.63) is 96.7 Å². The van der Waals surface area contributed by atoms with Gasteiger partial charge in [0.25, 0.3) is 5.91 Å². The van der Waals surface area contributed by atoms with Crippen LogP contribution in [0.4, 0.5) is 9.59 Å². The number of likely N-dealkylation sites (tertiary alicyclic amines) is 2. The number of phenolic OH excluding ortho intramolecular Hbond substituents is 1. The maximum absolute atomic E-state index is 14.0. The van der Waals surface area contributed by atoms with E-state index in [9.17, 15) is 24.3 Å². The maximum atomic E-state index is 14.0. The third kappa shape index (κ3) is 7.51. The molecule has 2 fully saturated rings. The maximum Gasteiger partial charge on any atom is 0.407 e. The number of rotatable bonds is 11. The molecule has 5 N–H and O–H groups in total. The summed E-state index contributed by atoms with van der Waals surface area (Å²) in [4.78, 5) is 76.1. The van der Waals surface area contributed by atoms with Gasteiger partial charge >= 0.3 is 12.2 Å². The van der Waals surface area contributed by atoms with Gasteiger partial charge in [0.15, 0.2) is 0 Å². The highest BCUT2D eigenvalue weighted by atomic mass is 16.5. The van der Waals surface area contributed by atoms with Gasteiger partial charge in [0.2, 0.25) is 11.7 Å². The molecule has 18 heteroatoms. The van der Waals surface area contributed by atoms with Crippen molar-refractivity contribution in [3.8, 4) is 34.1 Å². The van der Waals surface area contributed by atoms with Crippen molar-refractivity contribution in [3.63, 3.8) is 0 Å². The molecule has 2 unspecified atom stereocenters. The summed E-state index contributed by atoms with van der Waals surface area (Å²) in [5.41, 5.74) is 3.96. The number of benzene rings is 2. The van der Waals surface area contributed by atoms with Crippen LogP contribution in [-0.4, -0.2) is 106 Å². The third-order valence-corrected chi connectivity index (χ3v) is 11.3. The topological polar surface area (TPSA) is 217 Å². The number of alkyl carbamates (subject to hydrolysis) is 2. The number of methoxy groups -OCH3 is 2. The zero-order chi connectivity index (χ0) is 42.1. The molecule has 2 aliphatic rings. The quantitative estimate of drug-likeness (QED) is 0.112. The Morgan fingerprint density at radius 3 is 2.07 bits per heavy atom. The zero-order valence-corrected chi connectivity index (χ0v) is 33.7. The summed E-state index contributed by atoms with van der Waals surface area (Å²) in [6, 6.07) is 12.1. The molecule has 4 amide bonds. The first kappa shape index (κ1) is 39.7. The summed E-state index contributed by atoms with van der Waals surface area (Å²) in [5.74, 6) is 1.22. The van der Waals surface area contributed by atoms with E-state index in [4.69, 9.17) is 14.5 Å². The van der Waals surface area contributed by atoms with E-state index in [1.807, 2.05) is 54.9 Å². The number of aromatic nitrogens is 7. The zero-order valence-electron chi connectivity index (χ0n) is 33.7. The highest BCUT2D eigenvalue weighted by molar-refractivity contribution is 5.88. The van der Waals surface area contributed by atoms with E-state index in [2.05, 4.69) is 30.6 Å². The van der Waals surface area contributed by atoms with E-state index in [-0.39, 0.29) is 35.6 Å². The van der Waals surface area contributed by atoms with E-state index < -0.39 is 24.3 Å². The number of nitrogens with one attached hydrogen (secondary N) is 4. The summed E-state index contributed by atoms with van der Waals surface area (Å²) >= 11 is 0. The van der Waals surface area contributed by atoms with Gasteiger partial charge in [-0.2, -0.15) is 0 Å². The molecule has 2 aliphatic heterocycles. The fraction of sp³-hybridized carbons (Fsp3) is 0.357. The lowest BCUT2D eigenvalue weighted by Crippen LogP contribution is -2.51. The average molecular weight is 818 g/mol. The minimum Gasteiger partial charge on any atom is -0.506 e. The molecule has 4 atom stereocenters. The van der Waals surface area contributed by atoms with E-state index >= 15 is 0 Å². The van der Waals surface area contributed by atoms with Crippen LogP contribution in [-0.2, 0) is 19.1 Å². The van der Waals surface area contributed by atoms with Crippen LogP contribution < -0.4 is 10.6 Å². The highest BCUT2D eigenvalue weighted by Crippen LogP contribution is 2.36. The minimum absolute atomic E-state index is 0.0166. The molecule has 0 spiro atoms. The van der Waals surface area contributed by atoms with Gasteiger partial charge in [-0.15, -0.1) is 0 Å². The van der Waals surface area contributed by atoms with Crippen molar-refractivity contribution in [1.82, 2.24) is 54.3 Å². The molecular weight excluding hydrogens is 771 g/mol. The number of amides is 4. The Morgan fingerprint density at radius 1 is 0.783 bits per heavy atom. The summed E-state index contributed by atoms with van der Waals surface area (Å²) < 4.78 is 13.2. The molecule has 2 aromatic carbocycles. The number of hydrogen-bond donors (Lipinski definition) is 5. The van der Waals surface area contributed by atoms with Crippen molar-refractivity contribution in [2.75, 3.05) is 27.3 Å². The van der Waals surface area contributed by atoms with Gasteiger partial charge in [-0.05, 0) is 49.3 Å². The molecule has 8 rings (SSSR count). The largest absolute Gasteiger partial charge is 0.506 e. The molecule has 0 bridgehead atoms. The number of aromatic hydroxyl groups is 1. The molecule has 0 saturated carbocycles. The van der Waals surface area contributed by atoms with Gasteiger partial charge in [0.1, 0.15) is 29.5 Å². The van der Waals surface area contributed by atoms with Crippen molar-refractivity contribution >= 4 is 29.8 Å². The van der Waals surface area contributed by atoms with Gasteiger partial charge < -0.3 is 45.0 Å². The molecule has 0 radical (unpaired) electrons. The number of carbonyl (C=O) groups is 4. The van der Waals surface area contributed by atoms with Crippen molar-refractivity contribution in [1.29, 1.82) is 0 Å². The highest BCUT2D eigenvalue weighted by Gasteiger charge is 2.39. The summed E-state index contributed by atoms with van der Waals surface area (Å²) in [6.45, 7) is 4.79. The number of aromatic amines is 2. The summed E-state index contributed by atoms with van der Waals surface area (Å²) in [6.07, 6.45) is 10.4. The molecule has 0 aliphatic carbocycles. The first-order valence-corrected chi connectivity index (χ1v) is 19.9. The van der Waals surface area contributed by atoms with Crippen LogP contribution in [0.25, 0.3) is 34.1 Å². The second-order valence-electron chi connectivity index (χ2n) is 15.3. The Bertz CT molecular complexity index is 2520. The second-order valence-corrected chi connectivity index (χ2v) is 15.3. The number of nitrogens with zero attached hydrogens (tertiary/aromatic N) is 7. The van der Waals surface area contributed by atoms with Crippen LogP contribution in [0.2, 0.25) is 0 Å². The van der Waals surface area contributed by atoms with Crippen LogP contribution in [0.3, 0.4) is 0 Å². The van der Waals surface area contributed by atoms with E-state index in [0.29, 0.717) is 71.6 Å². The van der Waals surface area contributed by atoms with Crippen molar-refractivity contribution < 1.29 is 33.8 Å². The van der Waals surface area contributed by atoms with E-state index in [0.717, 1.165) is 18.5 Å². The van der Waals surface area contributed by atoms with Crippen molar-refractivity contribution in [2.45, 2.75) is 63.7 Å². The summed E-state index contributed by atoms with van der Waals surface area (Å²) in [5, 5.41) is 16.7. The van der Waals surface area contributed by atoms with Gasteiger partial charge in [0.05, 0.1) is 67.7 Å². The number of H-pyrrole nitrogens is 2. The Morgan fingerprint density at radius 2 is 1.42 bits per heavy atom. The normalized spacial score (nSPS) is 17.6. The van der Waals surface area contributed by atoms with Gasteiger partial charge in [-0.1, -0.05) is 50.2 Å². The number of imidazole rings is 4. The van der Waals surface area contributed by atoms with Crippen LogP contribution in [0.1, 0.15) is 74.9 Å². The fourth-order valence-corrected chi connectivity index (χ4v) is 8.23. The molecule has 4 aromatic heterocycles. The lowest BCUT2D eigenvalue weighted by molar-refractivity contribution is -0.135. The fourth-order valence-electron chi connectivity index (χ4n) is 8.23. The smallest absolute Gasteiger partial charge is 0.407 e. The SMILES string of the molecule is COC(=O)N[C@H](C(=O)N1CCCC1c1ncc(-c2ccc(-n3ccn4c(-c5cnc(C6CCCN6C(=O)[C@H](NC(=O)OC)c6ccccc6)[nH]5)cnc34)c(O)c2)[nH]1)C(C)C. The Balaban J connectivity index is 0.987. The Kier molecular flexibility index (Phi) is 11.0. The van der Waals surface area contributed by atoms with Crippen molar-refractivity contribution in [2.24, 2.45) is 5.92 Å². The molecule has 6 heterocycles. The van der Waals surface area contributed by atoms with Gasteiger partial charge in [0, 0.05) is 31.0 Å². The molecule has 2 saturated heterocycles. The number of fused-ring (bicyclic) bond motifs is 1. The second kappa shape index (κ2) is 16.6. The first-order valence-electron chi connectivity index (χ1n) is 19.9. The molecule has 312 valence electrons. The predicted octanol–water partition coefficient (Wildman–Crippen LogP) is 5.42. The minimum atomic E-state index is -0.924. The van der Waals surface area contributed by atoms with Crippen LogP contribution in [0.5, 0.6) is 5.75 Å². The average Bonchev–Trinajstić information content (AvgIpc) is 4.11. The Labute approximate surface area is 344 Å². The van der Waals surface area contributed by atoms with E-state index in [1.165, 1.54) is 14.2 Å². The third-order valence-electron chi connectivity index (χ3n) is 11.3. The lowest BCUT2D eigenvalue weighted by Gasteiger charge is -2.30. The summed E-state index contributed by atoms with van der Waals surface area (Å²) in [7, 11) is 2.53. The van der Waals surface area contributed by atoms with Crippen LogP contribution in [0, 0.1) is 5.92 Å². The number of ether oxygens (including phenoxy) is 2. The molecular formula is C42H47N11O7. The number of hydrogen-bond acceptors (Lipinski definition) is 10. The van der Waals surface area contributed by atoms with E-state index in [1.54, 1.807) is 57.2 Å². The standard InChI is InChI=1S/C42H47N11O7/c1-24(2)34(48-41(57)59-3)38(55)50-16-8-12-30(50)36-43-21-27(46-36)26-14-15-29(33(54)20-26)52-18-19-53-32(23-45-40(52)53)28-22-44-37(47-28)31-13-9-17-51(31)39(56)35(49-42(58)60-4)25-10-6-5-7-11-25/h5-7,10-11,14-15,18-24,30-31,34-35,54H,8-9,12-13,16-17H2,1-4H3,(H,43,46)(H,44,47)(H,48,57)(H,49,58)/t30?,31?,34-,35+/m0/s1.